The zero-order valence-corrected chi connectivity index (χ0v) is 16.0. The zero-order chi connectivity index (χ0) is 19.2. The molecule has 6 rings (SSSR count). The van der Waals surface area contributed by atoms with Crippen LogP contribution in [0.2, 0.25) is 0 Å². The summed E-state index contributed by atoms with van der Waals surface area (Å²) in [5.74, 6) is 3.26. The summed E-state index contributed by atoms with van der Waals surface area (Å²) in [6, 6.07) is 18.4. The van der Waals surface area contributed by atoms with Gasteiger partial charge in [-0.15, -0.1) is 0 Å². The number of rotatable bonds is 4. The molecule has 0 bridgehead atoms. The average Bonchev–Trinajstić information content (AvgIpc) is 3.54. The van der Waals surface area contributed by atoms with Crippen LogP contribution in [-0.2, 0) is 6.54 Å². The van der Waals surface area contributed by atoms with Crippen molar-refractivity contribution in [2.75, 3.05) is 6.61 Å². The SMILES string of the molecule is c1ccc2c(c1)OCC(c1nc3ccc(-c4ccncc4)cc3n1CC1CC1)O2. The van der Waals surface area contributed by atoms with Crippen molar-refractivity contribution in [3.05, 3.63) is 72.8 Å². The molecular weight excluding hydrogens is 362 g/mol. The van der Waals surface area contributed by atoms with Gasteiger partial charge in [-0.25, -0.2) is 4.98 Å². The Balaban J connectivity index is 1.44. The van der Waals surface area contributed by atoms with Crippen molar-refractivity contribution >= 4 is 11.0 Å². The monoisotopic (exact) mass is 383 g/mol. The topological polar surface area (TPSA) is 49.2 Å². The lowest BCUT2D eigenvalue weighted by Gasteiger charge is -2.26. The number of nitrogens with zero attached hydrogens (tertiary/aromatic N) is 3. The largest absolute Gasteiger partial charge is 0.485 e. The summed E-state index contributed by atoms with van der Waals surface area (Å²) in [6.45, 7) is 1.45. The van der Waals surface area contributed by atoms with Crippen molar-refractivity contribution < 1.29 is 9.47 Å². The van der Waals surface area contributed by atoms with E-state index in [4.69, 9.17) is 14.5 Å². The van der Waals surface area contributed by atoms with Gasteiger partial charge >= 0.3 is 0 Å². The summed E-state index contributed by atoms with van der Waals surface area (Å²) in [6.07, 6.45) is 6.02. The highest BCUT2D eigenvalue weighted by atomic mass is 16.6. The molecule has 5 heteroatoms. The first kappa shape index (κ1) is 16.6. The summed E-state index contributed by atoms with van der Waals surface area (Å²) in [5, 5.41) is 0. The van der Waals surface area contributed by atoms with Crippen LogP contribution in [-0.4, -0.2) is 21.1 Å². The average molecular weight is 383 g/mol. The van der Waals surface area contributed by atoms with Gasteiger partial charge in [0.15, 0.2) is 23.4 Å². The van der Waals surface area contributed by atoms with E-state index in [-0.39, 0.29) is 6.10 Å². The first-order chi connectivity index (χ1) is 14.3. The molecule has 0 spiro atoms. The van der Waals surface area contributed by atoms with Gasteiger partial charge in [-0.3, -0.25) is 4.98 Å². The number of para-hydroxylation sites is 2. The fraction of sp³-hybridized carbons (Fsp3) is 0.250. The number of ether oxygens (including phenoxy) is 2. The van der Waals surface area contributed by atoms with E-state index in [0.717, 1.165) is 46.4 Å². The van der Waals surface area contributed by atoms with E-state index in [1.807, 2.05) is 48.8 Å². The Labute approximate surface area is 168 Å². The van der Waals surface area contributed by atoms with Gasteiger partial charge in [0.2, 0.25) is 0 Å². The van der Waals surface area contributed by atoms with Crippen molar-refractivity contribution in [2.45, 2.75) is 25.5 Å². The van der Waals surface area contributed by atoms with E-state index in [1.54, 1.807) is 0 Å². The molecule has 0 N–H and O–H groups in total. The molecular formula is C24H21N3O2. The van der Waals surface area contributed by atoms with Gasteiger partial charge in [-0.2, -0.15) is 0 Å². The third-order valence-electron chi connectivity index (χ3n) is 5.73. The Morgan fingerprint density at radius 3 is 2.59 bits per heavy atom. The third kappa shape index (κ3) is 3.03. The molecule has 29 heavy (non-hydrogen) atoms. The van der Waals surface area contributed by atoms with E-state index in [1.165, 1.54) is 18.4 Å². The quantitative estimate of drug-likeness (QED) is 0.496. The van der Waals surface area contributed by atoms with E-state index in [0.29, 0.717) is 6.61 Å². The maximum Gasteiger partial charge on any atom is 0.190 e. The number of hydrogen-bond acceptors (Lipinski definition) is 4. The number of aromatic nitrogens is 3. The molecule has 1 unspecified atom stereocenters. The van der Waals surface area contributed by atoms with Gasteiger partial charge in [0.25, 0.3) is 0 Å². The fourth-order valence-electron chi connectivity index (χ4n) is 4.01. The highest BCUT2D eigenvalue weighted by Crippen LogP contribution is 2.39. The maximum atomic E-state index is 6.29. The second-order valence-corrected chi connectivity index (χ2v) is 7.83. The highest BCUT2D eigenvalue weighted by molar-refractivity contribution is 5.82. The smallest absolute Gasteiger partial charge is 0.190 e. The minimum atomic E-state index is -0.208. The van der Waals surface area contributed by atoms with Crippen molar-refractivity contribution in [1.29, 1.82) is 0 Å². The predicted molar refractivity (Wildman–Crippen MR) is 111 cm³/mol. The van der Waals surface area contributed by atoms with Crippen LogP contribution >= 0.6 is 0 Å². The van der Waals surface area contributed by atoms with Crippen molar-refractivity contribution in [1.82, 2.24) is 14.5 Å². The van der Waals surface area contributed by atoms with E-state index in [2.05, 4.69) is 27.8 Å². The minimum absolute atomic E-state index is 0.208. The lowest BCUT2D eigenvalue weighted by molar-refractivity contribution is 0.0825. The number of imidazole rings is 1. The molecule has 1 aliphatic heterocycles. The molecule has 2 aromatic heterocycles. The number of fused-ring (bicyclic) bond motifs is 2. The van der Waals surface area contributed by atoms with E-state index in [9.17, 15) is 0 Å². The van der Waals surface area contributed by atoms with Gasteiger partial charge in [0, 0.05) is 18.9 Å². The molecule has 2 aliphatic rings. The van der Waals surface area contributed by atoms with Crippen LogP contribution in [0.3, 0.4) is 0 Å². The summed E-state index contributed by atoms with van der Waals surface area (Å²) in [4.78, 5) is 9.10. The molecule has 0 amide bonds. The second kappa shape index (κ2) is 6.62. The summed E-state index contributed by atoms with van der Waals surface area (Å²) in [7, 11) is 0. The molecule has 1 fully saturated rings. The second-order valence-electron chi connectivity index (χ2n) is 7.83. The van der Waals surface area contributed by atoms with Crippen molar-refractivity contribution in [3.63, 3.8) is 0 Å². The normalized spacial score (nSPS) is 18.1. The van der Waals surface area contributed by atoms with E-state index >= 15 is 0 Å². The van der Waals surface area contributed by atoms with Gasteiger partial charge in [0.05, 0.1) is 11.0 Å². The van der Waals surface area contributed by atoms with Gasteiger partial charge < -0.3 is 14.0 Å². The molecule has 3 heterocycles. The number of hydrogen-bond donors (Lipinski definition) is 0. The third-order valence-corrected chi connectivity index (χ3v) is 5.73. The molecule has 1 aliphatic carbocycles. The predicted octanol–water partition coefficient (Wildman–Crippen LogP) is 5.02. The van der Waals surface area contributed by atoms with Gasteiger partial charge in [-0.05, 0) is 66.3 Å². The van der Waals surface area contributed by atoms with Gasteiger partial charge in [-0.1, -0.05) is 18.2 Å². The maximum absolute atomic E-state index is 6.29. The lowest BCUT2D eigenvalue weighted by Crippen LogP contribution is -2.25. The van der Waals surface area contributed by atoms with Crippen LogP contribution in [0.1, 0.15) is 24.8 Å². The minimum Gasteiger partial charge on any atom is -0.485 e. The van der Waals surface area contributed by atoms with Crippen LogP contribution in [0.4, 0.5) is 0 Å². The Hall–Kier alpha value is -3.34. The van der Waals surface area contributed by atoms with E-state index < -0.39 is 0 Å². The number of pyridine rings is 1. The van der Waals surface area contributed by atoms with Crippen LogP contribution < -0.4 is 9.47 Å². The molecule has 144 valence electrons. The van der Waals surface area contributed by atoms with Crippen LogP contribution in [0.5, 0.6) is 11.5 Å². The van der Waals surface area contributed by atoms with Crippen molar-refractivity contribution in [2.24, 2.45) is 5.92 Å². The first-order valence-corrected chi connectivity index (χ1v) is 10.1. The molecule has 1 saturated carbocycles. The Morgan fingerprint density at radius 1 is 0.931 bits per heavy atom. The molecule has 0 radical (unpaired) electrons. The Kier molecular flexibility index (Phi) is 3.79. The molecule has 1 atom stereocenters. The summed E-state index contributed by atoms with van der Waals surface area (Å²) < 4.78 is 14.6. The van der Waals surface area contributed by atoms with Crippen LogP contribution in [0.25, 0.3) is 22.2 Å². The number of benzene rings is 2. The molecule has 2 aromatic carbocycles. The summed E-state index contributed by atoms with van der Waals surface area (Å²) in [5.41, 5.74) is 4.49. The van der Waals surface area contributed by atoms with Crippen molar-refractivity contribution in [3.8, 4) is 22.6 Å². The molecule has 5 nitrogen and oxygen atoms in total. The van der Waals surface area contributed by atoms with Crippen LogP contribution in [0, 0.1) is 5.92 Å². The fourth-order valence-corrected chi connectivity index (χ4v) is 4.01. The first-order valence-electron chi connectivity index (χ1n) is 10.1. The molecule has 4 aromatic rings. The van der Waals surface area contributed by atoms with Crippen LogP contribution in [0.15, 0.2) is 67.0 Å². The van der Waals surface area contributed by atoms with Gasteiger partial charge in [0.1, 0.15) is 6.61 Å². The highest BCUT2D eigenvalue weighted by Gasteiger charge is 2.30. The molecule has 0 saturated heterocycles. The Morgan fingerprint density at radius 2 is 1.76 bits per heavy atom. The Bertz CT molecular complexity index is 1180. The standard InChI is InChI=1S/C24H21N3O2/c1-2-4-22-21(3-1)28-15-23(29-22)24-26-19-8-7-18(17-9-11-25-12-10-17)13-20(19)27(24)14-16-5-6-16/h1-4,7-13,16,23H,5-6,14-15H2. The zero-order valence-electron chi connectivity index (χ0n) is 16.0. The lowest BCUT2D eigenvalue weighted by atomic mass is 10.1. The summed E-state index contributed by atoms with van der Waals surface area (Å²) >= 11 is 0.